The van der Waals surface area contributed by atoms with Gasteiger partial charge in [0.2, 0.25) is 0 Å². The first-order chi connectivity index (χ1) is 6.84. The molecule has 0 aliphatic heterocycles. The molecule has 0 aliphatic rings. The average Bonchev–Trinajstić information content (AvgIpc) is 2.25. The molecule has 74 valence electrons. The van der Waals surface area contributed by atoms with Gasteiger partial charge in [-0.2, -0.15) is 0 Å². The highest BCUT2D eigenvalue weighted by atomic mass is 32.2. The third kappa shape index (κ3) is 3.73. The molecule has 1 rings (SSSR count). The molecule has 0 N–H and O–H groups in total. The van der Waals surface area contributed by atoms with Crippen molar-refractivity contribution in [1.29, 1.82) is 0 Å². The number of hydrogen-bond donors (Lipinski definition) is 0. The molecule has 0 saturated carbocycles. The van der Waals surface area contributed by atoms with Crippen LogP contribution in [0.25, 0.3) is 0 Å². The molecule has 0 amide bonds. The molecule has 0 aliphatic carbocycles. The van der Waals surface area contributed by atoms with Crippen LogP contribution in [0.3, 0.4) is 0 Å². The van der Waals surface area contributed by atoms with Gasteiger partial charge in [-0.1, -0.05) is 31.5 Å². The molecule has 0 spiro atoms. The Morgan fingerprint density at radius 1 is 1.36 bits per heavy atom. The quantitative estimate of drug-likeness (QED) is 0.691. The molecule has 0 heterocycles. The van der Waals surface area contributed by atoms with Gasteiger partial charge in [-0.25, -0.2) is 4.21 Å². The minimum atomic E-state index is -1.05. The summed E-state index contributed by atoms with van der Waals surface area (Å²) in [4.78, 5) is 0.824. The zero-order valence-electron chi connectivity index (χ0n) is 8.27. The average molecular weight is 206 g/mol. The fourth-order valence-corrected chi connectivity index (χ4v) is 1.74. The van der Waals surface area contributed by atoms with Crippen molar-refractivity contribution in [3.05, 3.63) is 47.5 Å². The Hall–Kier alpha value is -1.11. The van der Waals surface area contributed by atoms with Crippen LogP contribution in [0.2, 0.25) is 0 Å². The fourth-order valence-electron chi connectivity index (χ4n) is 0.960. The zero-order chi connectivity index (χ0) is 10.2. The van der Waals surface area contributed by atoms with Gasteiger partial charge in [0.05, 0.1) is 10.8 Å². The number of benzene rings is 1. The van der Waals surface area contributed by atoms with Crippen molar-refractivity contribution in [3.8, 4) is 0 Å². The second kappa shape index (κ2) is 6.36. The summed E-state index contributed by atoms with van der Waals surface area (Å²) < 4.78 is 11.6. The van der Waals surface area contributed by atoms with E-state index in [0.29, 0.717) is 0 Å². The van der Waals surface area contributed by atoms with Crippen LogP contribution >= 0.6 is 0 Å². The Balaban J connectivity index is 2.64. The van der Waals surface area contributed by atoms with E-state index >= 15 is 0 Å². The van der Waals surface area contributed by atoms with Gasteiger partial charge < -0.3 is 0 Å². The Kier molecular flexibility index (Phi) is 4.98. The van der Waals surface area contributed by atoms with Gasteiger partial charge in [-0.05, 0) is 24.6 Å². The smallest absolute Gasteiger partial charge is 0.0854 e. The standard InChI is InChI=1S/C12H14OS/c1-2-3-4-8-11-14(13)12-9-6-5-7-10-12/h4-7,9-11H,2-3H2,1H3. The molecule has 0 fully saturated rings. The Morgan fingerprint density at radius 2 is 2.07 bits per heavy atom. The van der Waals surface area contributed by atoms with Gasteiger partial charge in [-0.3, -0.25) is 0 Å². The second-order valence-electron chi connectivity index (χ2n) is 2.89. The van der Waals surface area contributed by atoms with Crippen molar-refractivity contribution in [3.63, 3.8) is 0 Å². The van der Waals surface area contributed by atoms with E-state index < -0.39 is 10.8 Å². The van der Waals surface area contributed by atoms with Crippen LogP contribution in [0, 0.1) is 0 Å². The van der Waals surface area contributed by atoms with Crippen LogP contribution in [0.15, 0.2) is 52.4 Å². The Bertz CT molecular complexity index is 348. The van der Waals surface area contributed by atoms with Gasteiger partial charge in [0.25, 0.3) is 0 Å². The molecule has 14 heavy (non-hydrogen) atoms. The summed E-state index contributed by atoms with van der Waals surface area (Å²) in [6.07, 6.45) is 4.00. The lowest BCUT2D eigenvalue weighted by Crippen LogP contribution is -1.83. The molecule has 1 unspecified atom stereocenters. The Labute approximate surface area is 87.6 Å². The van der Waals surface area contributed by atoms with Gasteiger partial charge in [0.15, 0.2) is 0 Å². The van der Waals surface area contributed by atoms with Crippen molar-refractivity contribution in [2.75, 3.05) is 0 Å². The molecule has 2 heteroatoms. The number of unbranched alkanes of at least 4 members (excludes halogenated alkanes) is 1. The zero-order valence-corrected chi connectivity index (χ0v) is 9.09. The van der Waals surface area contributed by atoms with Crippen LogP contribution in [-0.4, -0.2) is 4.21 Å². The summed E-state index contributed by atoms with van der Waals surface area (Å²) in [5, 5.41) is 1.60. The predicted molar refractivity (Wildman–Crippen MR) is 60.4 cm³/mol. The highest BCUT2D eigenvalue weighted by molar-refractivity contribution is 7.88. The summed E-state index contributed by atoms with van der Waals surface area (Å²) in [6, 6.07) is 9.40. The third-order valence-corrected chi connectivity index (χ3v) is 2.79. The van der Waals surface area contributed by atoms with Crippen molar-refractivity contribution in [1.82, 2.24) is 0 Å². The van der Waals surface area contributed by atoms with E-state index in [-0.39, 0.29) is 0 Å². The second-order valence-corrected chi connectivity index (χ2v) is 4.19. The van der Waals surface area contributed by atoms with E-state index in [1.54, 1.807) is 5.41 Å². The lowest BCUT2D eigenvalue weighted by atomic mass is 10.3. The normalized spacial score (nSPS) is 11.5. The predicted octanol–water partition coefficient (Wildman–Crippen LogP) is 3.26. The van der Waals surface area contributed by atoms with Crippen molar-refractivity contribution >= 4 is 10.8 Å². The first kappa shape index (κ1) is 11.0. The molecular weight excluding hydrogens is 192 g/mol. The van der Waals surface area contributed by atoms with E-state index in [2.05, 4.69) is 12.7 Å². The SMILES string of the molecule is CCCC=C=CS(=O)c1ccccc1. The minimum Gasteiger partial charge on any atom is -0.249 e. The largest absolute Gasteiger partial charge is 0.249 e. The molecule has 1 aromatic carbocycles. The van der Waals surface area contributed by atoms with Crippen molar-refractivity contribution in [2.24, 2.45) is 0 Å². The molecule has 0 radical (unpaired) electrons. The highest BCUT2D eigenvalue weighted by Gasteiger charge is 1.95. The van der Waals surface area contributed by atoms with E-state index in [4.69, 9.17) is 0 Å². The van der Waals surface area contributed by atoms with E-state index in [9.17, 15) is 4.21 Å². The molecule has 0 saturated heterocycles. The van der Waals surface area contributed by atoms with Crippen LogP contribution in [0.4, 0.5) is 0 Å². The minimum absolute atomic E-state index is 0.824. The topological polar surface area (TPSA) is 17.1 Å². The maximum atomic E-state index is 11.6. The van der Waals surface area contributed by atoms with Crippen molar-refractivity contribution in [2.45, 2.75) is 24.7 Å². The lowest BCUT2D eigenvalue weighted by molar-refractivity contribution is 0.688. The first-order valence-corrected chi connectivity index (χ1v) is 5.92. The third-order valence-electron chi connectivity index (χ3n) is 1.70. The van der Waals surface area contributed by atoms with Crippen LogP contribution in [-0.2, 0) is 10.8 Å². The van der Waals surface area contributed by atoms with E-state index in [1.165, 1.54) is 0 Å². The van der Waals surface area contributed by atoms with Gasteiger partial charge in [0.1, 0.15) is 0 Å². The molecule has 0 bridgehead atoms. The molecule has 0 aromatic heterocycles. The van der Waals surface area contributed by atoms with Crippen LogP contribution in [0.5, 0.6) is 0 Å². The summed E-state index contributed by atoms with van der Waals surface area (Å²) in [5.74, 6) is 0. The monoisotopic (exact) mass is 206 g/mol. The highest BCUT2D eigenvalue weighted by Crippen LogP contribution is 2.05. The number of hydrogen-bond acceptors (Lipinski definition) is 1. The van der Waals surface area contributed by atoms with Gasteiger partial charge >= 0.3 is 0 Å². The maximum absolute atomic E-state index is 11.6. The maximum Gasteiger partial charge on any atom is 0.0854 e. The molecule has 1 atom stereocenters. The molecule has 1 nitrogen and oxygen atoms in total. The van der Waals surface area contributed by atoms with Crippen LogP contribution in [0.1, 0.15) is 19.8 Å². The van der Waals surface area contributed by atoms with Gasteiger partial charge in [-0.15, -0.1) is 5.73 Å². The summed E-state index contributed by atoms with van der Waals surface area (Å²) >= 11 is 0. The lowest BCUT2D eigenvalue weighted by Gasteiger charge is -1.92. The van der Waals surface area contributed by atoms with E-state index in [0.717, 1.165) is 17.7 Å². The summed E-state index contributed by atoms with van der Waals surface area (Å²) in [6.45, 7) is 2.10. The first-order valence-electron chi connectivity index (χ1n) is 4.71. The van der Waals surface area contributed by atoms with E-state index in [1.807, 2.05) is 36.4 Å². The Morgan fingerprint density at radius 3 is 2.71 bits per heavy atom. The molecule has 1 aromatic rings. The molecular formula is C12H14OS. The summed E-state index contributed by atoms with van der Waals surface area (Å²) in [7, 11) is -1.05. The fraction of sp³-hybridized carbons (Fsp3) is 0.250. The van der Waals surface area contributed by atoms with Crippen molar-refractivity contribution < 1.29 is 4.21 Å². The van der Waals surface area contributed by atoms with Gasteiger partial charge in [0, 0.05) is 10.3 Å². The van der Waals surface area contributed by atoms with Crippen LogP contribution < -0.4 is 0 Å². The number of rotatable bonds is 4. The number of allylic oxidation sites excluding steroid dienone is 1. The summed E-state index contributed by atoms with van der Waals surface area (Å²) in [5.41, 5.74) is 2.93.